The molecule has 0 aliphatic carbocycles. The quantitative estimate of drug-likeness (QED) is 0.602. The van der Waals surface area contributed by atoms with Crippen molar-refractivity contribution in [1.29, 1.82) is 0 Å². The lowest BCUT2D eigenvalue weighted by Gasteiger charge is -2.20. The number of benzene rings is 1. The van der Waals surface area contributed by atoms with Gasteiger partial charge in [0.25, 0.3) is 0 Å². The van der Waals surface area contributed by atoms with Crippen molar-refractivity contribution in [3.05, 3.63) is 34.3 Å². The second-order valence-electron chi connectivity index (χ2n) is 6.08. The predicted molar refractivity (Wildman–Crippen MR) is 85.4 cm³/mol. The molecular weight excluding hydrogens is 350 g/mol. The number of ether oxygens (including phenoxy) is 2. The van der Waals surface area contributed by atoms with E-state index in [1.807, 2.05) is 24.3 Å². The van der Waals surface area contributed by atoms with Crippen LogP contribution in [-0.4, -0.2) is 35.2 Å². The number of rotatable bonds is 3. The van der Waals surface area contributed by atoms with Crippen LogP contribution in [0.1, 0.15) is 39.3 Å². The third kappa shape index (κ3) is 3.80. The average Bonchev–Trinajstić information content (AvgIpc) is 3.13. The summed E-state index contributed by atoms with van der Waals surface area (Å²) in [6.07, 6.45) is -0.501. The van der Waals surface area contributed by atoms with Gasteiger partial charge >= 0.3 is 12.1 Å². The largest absolute Gasteiger partial charge is 0.464 e. The maximum atomic E-state index is 12.3. The summed E-state index contributed by atoms with van der Waals surface area (Å²) in [6.45, 7) is 7.41. The minimum Gasteiger partial charge on any atom is -0.464 e. The van der Waals surface area contributed by atoms with E-state index in [0.717, 1.165) is 10.0 Å². The number of carbonyl (C=O) groups is 2. The van der Waals surface area contributed by atoms with Gasteiger partial charge in [-0.1, -0.05) is 28.1 Å². The Morgan fingerprint density at radius 2 is 1.82 bits per heavy atom. The third-order valence-corrected chi connectivity index (χ3v) is 3.68. The van der Waals surface area contributed by atoms with Crippen LogP contribution in [0.2, 0.25) is 0 Å². The fraction of sp³-hybridized carbons (Fsp3) is 0.500. The standard InChI is InChI=1S/C16H20BrNO4/c1-5-21-14(19)13-12(10-6-8-11(17)9-7-10)18(13)15(20)22-16(2,3)4/h6-9,12-13H,5H2,1-4H3/t12-,13+,18?/m1/s1. The summed E-state index contributed by atoms with van der Waals surface area (Å²) in [5.74, 6) is -0.402. The lowest BCUT2D eigenvalue weighted by atomic mass is 10.1. The Bertz CT molecular complexity index is 565. The first-order chi connectivity index (χ1) is 10.2. The third-order valence-electron chi connectivity index (χ3n) is 3.15. The van der Waals surface area contributed by atoms with E-state index in [1.165, 1.54) is 4.90 Å². The van der Waals surface area contributed by atoms with E-state index in [0.29, 0.717) is 0 Å². The van der Waals surface area contributed by atoms with Gasteiger partial charge in [0.15, 0.2) is 6.04 Å². The summed E-state index contributed by atoms with van der Waals surface area (Å²) in [5.41, 5.74) is 0.274. The van der Waals surface area contributed by atoms with E-state index in [-0.39, 0.29) is 12.6 Å². The number of amides is 1. The molecule has 1 aromatic rings. The summed E-state index contributed by atoms with van der Waals surface area (Å²) in [4.78, 5) is 25.8. The van der Waals surface area contributed by atoms with Gasteiger partial charge in [0, 0.05) is 4.47 Å². The first-order valence-electron chi connectivity index (χ1n) is 7.18. The van der Waals surface area contributed by atoms with Gasteiger partial charge < -0.3 is 9.47 Å². The maximum Gasteiger partial charge on any atom is 0.411 e. The Morgan fingerprint density at radius 1 is 1.23 bits per heavy atom. The van der Waals surface area contributed by atoms with Gasteiger partial charge in [-0.25, -0.2) is 9.59 Å². The molecule has 0 radical (unpaired) electrons. The van der Waals surface area contributed by atoms with Crippen molar-refractivity contribution in [2.24, 2.45) is 0 Å². The number of halogens is 1. The van der Waals surface area contributed by atoms with Crippen molar-refractivity contribution in [1.82, 2.24) is 4.90 Å². The van der Waals surface area contributed by atoms with Crippen molar-refractivity contribution >= 4 is 28.0 Å². The van der Waals surface area contributed by atoms with Crippen LogP contribution >= 0.6 is 15.9 Å². The minimum absolute atomic E-state index is 0.282. The summed E-state index contributed by atoms with van der Waals surface area (Å²) >= 11 is 3.37. The van der Waals surface area contributed by atoms with Gasteiger partial charge in [-0.3, -0.25) is 4.90 Å². The molecule has 0 unspecified atom stereocenters. The minimum atomic E-state index is -0.615. The van der Waals surface area contributed by atoms with E-state index >= 15 is 0 Å². The molecule has 0 saturated carbocycles. The molecule has 0 bridgehead atoms. The van der Waals surface area contributed by atoms with Gasteiger partial charge in [-0.05, 0) is 45.4 Å². The Morgan fingerprint density at radius 3 is 2.32 bits per heavy atom. The summed E-state index contributed by atoms with van der Waals surface area (Å²) in [5, 5.41) is 0. The highest BCUT2D eigenvalue weighted by atomic mass is 79.9. The smallest absolute Gasteiger partial charge is 0.411 e. The summed E-state index contributed by atoms with van der Waals surface area (Å²) < 4.78 is 11.4. The normalized spacial score (nSPS) is 20.5. The van der Waals surface area contributed by atoms with E-state index in [9.17, 15) is 9.59 Å². The molecule has 0 N–H and O–H groups in total. The van der Waals surface area contributed by atoms with Gasteiger partial charge in [0.05, 0.1) is 12.6 Å². The Hall–Kier alpha value is -1.56. The monoisotopic (exact) mass is 369 g/mol. The molecule has 2 rings (SSSR count). The zero-order chi connectivity index (χ0) is 16.5. The first kappa shape index (κ1) is 16.8. The van der Waals surface area contributed by atoms with E-state index in [4.69, 9.17) is 9.47 Å². The molecule has 1 saturated heterocycles. The summed E-state index contributed by atoms with van der Waals surface area (Å²) in [7, 11) is 0. The fourth-order valence-electron chi connectivity index (χ4n) is 2.25. The van der Waals surface area contributed by atoms with Crippen LogP contribution in [0.25, 0.3) is 0 Å². The molecule has 120 valence electrons. The Balaban J connectivity index is 2.20. The number of carbonyl (C=O) groups excluding carboxylic acids is 2. The van der Waals surface area contributed by atoms with Crippen LogP contribution < -0.4 is 0 Å². The van der Waals surface area contributed by atoms with Crippen LogP contribution in [0.5, 0.6) is 0 Å². The first-order valence-corrected chi connectivity index (χ1v) is 7.97. The lowest BCUT2D eigenvalue weighted by Crippen LogP contribution is -2.29. The molecule has 1 aromatic carbocycles. The summed E-state index contributed by atoms with van der Waals surface area (Å²) in [6, 6.07) is 6.57. The van der Waals surface area contributed by atoms with Crippen LogP contribution in [0.4, 0.5) is 4.79 Å². The highest BCUT2D eigenvalue weighted by Crippen LogP contribution is 2.45. The molecule has 22 heavy (non-hydrogen) atoms. The molecule has 2 atom stereocenters. The molecule has 0 spiro atoms. The molecule has 5 nitrogen and oxygen atoms in total. The maximum absolute atomic E-state index is 12.3. The topological polar surface area (TPSA) is 55.6 Å². The SMILES string of the molecule is CCOC(=O)[C@@H]1[C@@H](c2ccc(Br)cc2)N1C(=O)OC(C)(C)C. The van der Waals surface area contributed by atoms with Gasteiger partial charge in [-0.2, -0.15) is 0 Å². The number of esters is 1. The van der Waals surface area contributed by atoms with Crippen LogP contribution in [0, 0.1) is 0 Å². The Labute approximate surface area is 138 Å². The van der Waals surface area contributed by atoms with E-state index < -0.39 is 23.7 Å². The van der Waals surface area contributed by atoms with Crippen molar-refractivity contribution in [2.45, 2.75) is 45.4 Å². The van der Waals surface area contributed by atoms with Crippen LogP contribution in [0.15, 0.2) is 28.7 Å². The molecule has 0 aromatic heterocycles. The van der Waals surface area contributed by atoms with Gasteiger partial charge in [0.2, 0.25) is 0 Å². The van der Waals surface area contributed by atoms with Crippen molar-refractivity contribution in [2.75, 3.05) is 6.61 Å². The second kappa shape index (κ2) is 6.28. The number of hydrogen-bond donors (Lipinski definition) is 0. The molecule has 1 fully saturated rings. The van der Waals surface area contributed by atoms with Crippen molar-refractivity contribution in [3.8, 4) is 0 Å². The zero-order valence-electron chi connectivity index (χ0n) is 13.1. The molecule has 6 heteroatoms. The van der Waals surface area contributed by atoms with Crippen molar-refractivity contribution in [3.63, 3.8) is 0 Å². The molecular formula is C16H20BrNO4. The van der Waals surface area contributed by atoms with Gasteiger partial charge in [-0.15, -0.1) is 0 Å². The van der Waals surface area contributed by atoms with Gasteiger partial charge in [0.1, 0.15) is 5.60 Å². The van der Waals surface area contributed by atoms with Crippen LogP contribution in [-0.2, 0) is 14.3 Å². The molecule has 1 aliphatic rings. The lowest BCUT2D eigenvalue weighted by molar-refractivity contribution is -0.143. The molecule has 1 amide bonds. The average molecular weight is 370 g/mol. The van der Waals surface area contributed by atoms with E-state index in [2.05, 4.69) is 15.9 Å². The second-order valence-corrected chi connectivity index (χ2v) is 7.00. The highest BCUT2D eigenvalue weighted by Gasteiger charge is 2.58. The number of hydrogen-bond acceptors (Lipinski definition) is 4. The highest BCUT2D eigenvalue weighted by molar-refractivity contribution is 9.10. The predicted octanol–water partition coefficient (Wildman–Crippen LogP) is 3.67. The number of nitrogens with zero attached hydrogens (tertiary/aromatic N) is 1. The molecule has 1 heterocycles. The van der Waals surface area contributed by atoms with E-state index in [1.54, 1.807) is 27.7 Å². The van der Waals surface area contributed by atoms with Crippen molar-refractivity contribution < 1.29 is 19.1 Å². The van der Waals surface area contributed by atoms with Crippen LogP contribution in [0.3, 0.4) is 0 Å². The fourth-order valence-corrected chi connectivity index (χ4v) is 2.51. The molecule has 1 aliphatic heterocycles. The Kier molecular flexibility index (Phi) is 4.80. The zero-order valence-corrected chi connectivity index (χ0v) is 14.7.